The first kappa shape index (κ1) is 28.6. The number of ether oxygens (including phenoxy) is 2. The third-order valence-electron chi connectivity index (χ3n) is 7.67. The molecule has 2 aromatic carbocycles. The highest BCUT2D eigenvalue weighted by Gasteiger charge is 2.23. The van der Waals surface area contributed by atoms with Crippen LogP contribution in [0.5, 0.6) is 5.75 Å². The van der Waals surface area contributed by atoms with Crippen LogP contribution in [0.1, 0.15) is 16.1 Å². The molecule has 12 nitrogen and oxygen atoms in total. The van der Waals surface area contributed by atoms with E-state index in [1.165, 1.54) is 11.8 Å². The van der Waals surface area contributed by atoms with E-state index in [1.807, 2.05) is 42.5 Å². The average molecular weight is 593 g/mol. The number of nitrogens with one attached hydrogen (secondary N) is 1. The van der Waals surface area contributed by atoms with Crippen LogP contribution in [-0.4, -0.2) is 63.6 Å². The monoisotopic (exact) mass is 592 g/mol. The Morgan fingerprint density at radius 1 is 1.05 bits per heavy atom. The first-order valence-electron chi connectivity index (χ1n) is 14.1. The van der Waals surface area contributed by atoms with Crippen LogP contribution in [-0.2, 0) is 11.8 Å². The number of benzene rings is 2. The van der Waals surface area contributed by atoms with Gasteiger partial charge in [-0.2, -0.15) is 0 Å². The SMILES string of the molecule is COc1cc(NC(=O)c2c(C)n(C)n(-c3ccccc3)c2=O)ccc1-c1nc(-c2ccnc(N3CCOCC3)c2)cnc1N. The first-order valence-corrected chi connectivity index (χ1v) is 14.1. The van der Waals surface area contributed by atoms with E-state index in [9.17, 15) is 9.59 Å². The largest absolute Gasteiger partial charge is 0.496 e. The number of pyridine rings is 1. The van der Waals surface area contributed by atoms with Crippen LogP contribution in [0, 0.1) is 6.92 Å². The summed E-state index contributed by atoms with van der Waals surface area (Å²) in [6.45, 7) is 4.58. The molecule has 6 rings (SSSR count). The van der Waals surface area contributed by atoms with Crippen molar-refractivity contribution in [3.63, 3.8) is 0 Å². The van der Waals surface area contributed by atoms with Crippen molar-refractivity contribution in [2.24, 2.45) is 7.05 Å². The summed E-state index contributed by atoms with van der Waals surface area (Å²) in [6, 6.07) is 18.1. The molecule has 1 saturated heterocycles. The summed E-state index contributed by atoms with van der Waals surface area (Å²) in [5, 5.41) is 2.84. The lowest BCUT2D eigenvalue weighted by atomic mass is 10.1. The van der Waals surface area contributed by atoms with Gasteiger partial charge in [-0.3, -0.25) is 14.3 Å². The molecular weight excluding hydrogens is 560 g/mol. The maximum Gasteiger partial charge on any atom is 0.284 e. The lowest BCUT2D eigenvalue weighted by Crippen LogP contribution is -2.36. The van der Waals surface area contributed by atoms with Crippen molar-refractivity contribution in [1.82, 2.24) is 24.3 Å². The second-order valence-electron chi connectivity index (χ2n) is 10.3. The van der Waals surface area contributed by atoms with Gasteiger partial charge >= 0.3 is 0 Å². The maximum atomic E-state index is 13.4. The number of aromatic nitrogens is 5. The summed E-state index contributed by atoms with van der Waals surface area (Å²) in [6.07, 6.45) is 3.38. The summed E-state index contributed by atoms with van der Waals surface area (Å²) < 4.78 is 14.3. The fourth-order valence-electron chi connectivity index (χ4n) is 5.27. The number of hydrogen-bond acceptors (Lipinski definition) is 9. The van der Waals surface area contributed by atoms with E-state index in [1.54, 1.807) is 49.2 Å². The molecule has 0 spiro atoms. The van der Waals surface area contributed by atoms with Crippen molar-refractivity contribution < 1.29 is 14.3 Å². The van der Waals surface area contributed by atoms with Gasteiger partial charge in [-0.05, 0) is 43.3 Å². The predicted octanol–water partition coefficient (Wildman–Crippen LogP) is 3.68. The van der Waals surface area contributed by atoms with Gasteiger partial charge in [0.25, 0.3) is 11.5 Å². The summed E-state index contributed by atoms with van der Waals surface area (Å²) in [7, 11) is 3.27. The van der Waals surface area contributed by atoms with E-state index in [2.05, 4.69) is 20.2 Å². The Morgan fingerprint density at radius 2 is 1.82 bits per heavy atom. The molecule has 1 aliphatic rings. The molecule has 0 radical (unpaired) electrons. The number of rotatable bonds is 7. The maximum absolute atomic E-state index is 13.4. The molecule has 44 heavy (non-hydrogen) atoms. The zero-order valence-electron chi connectivity index (χ0n) is 24.7. The molecule has 0 atom stereocenters. The highest BCUT2D eigenvalue weighted by Crippen LogP contribution is 2.35. The molecule has 4 heterocycles. The van der Waals surface area contributed by atoms with Gasteiger partial charge in [0.05, 0.1) is 43.6 Å². The van der Waals surface area contributed by atoms with Gasteiger partial charge in [0.2, 0.25) is 0 Å². The van der Waals surface area contributed by atoms with Crippen molar-refractivity contribution >= 4 is 23.2 Å². The van der Waals surface area contributed by atoms with E-state index in [0.717, 1.165) is 24.5 Å². The van der Waals surface area contributed by atoms with Crippen molar-refractivity contribution in [3.8, 4) is 34.0 Å². The number of hydrogen-bond donors (Lipinski definition) is 2. The number of methoxy groups -OCH3 is 1. The highest BCUT2D eigenvalue weighted by atomic mass is 16.5. The Kier molecular flexibility index (Phi) is 7.82. The molecule has 3 N–H and O–H groups in total. The number of nitrogen functional groups attached to an aromatic ring is 1. The van der Waals surface area contributed by atoms with Gasteiger partial charge in [0, 0.05) is 49.2 Å². The van der Waals surface area contributed by atoms with E-state index in [0.29, 0.717) is 53.0 Å². The molecule has 0 bridgehead atoms. The number of para-hydroxylation sites is 1. The lowest BCUT2D eigenvalue weighted by molar-refractivity contribution is 0.102. The van der Waals surface area contributed by atoms with Gasteiger partial charge in [0.1, 0.15) is 28.6 Å². The Bertz CT molecular complexity index is 1890. The fourth-order valence-corrected chi connectivity index (χ4v) is 5.27. The fraction of sp³-hybridized carbons (Fsp3) is 0.219. The minimum atomic E-state index is -0.525. The summed E-state index contributed by atoms with van der Waals surface area (Å²) >= 11 is 0. The molecule has 0 aliphatic carbocycles. The number of morpholine rings is 1. The second-order valence-corrected chi connectivity index (χ2v) is 10.3. The van der Waals surface area contributed by atoms with Crippen LogP contribution >= 0.6 is 0 Å². The Morgan fingerprint density at radius 3 is 2.57 bits per heavy atom. The number of anilines is 3. The molecule has 5 aromatic rings. The van der Waals surface area contributed by atoms with Gasteiger partial charge in [-0.1, -0.05) is 18.2 Å². The van der Waals surface area contributed by atoms with Gasteiger partial charge < -0.3 is 25.4 Å². The second kappa shape index (κ2) is 12.0. The van der Waals surface area contributed by atoms with Gasteiger partial charge in [-0.25, -0.2) is 19.6 Å². The number of carbonyl (C=O) groups excluding carboxylic acids is 1. The van der Waals surface area contributed by atoms with Crippen molar-refractivity contribution in [2.75, 3.05) is 49.4 Å². The number of nitrogens with two attached hydrogens (primary N) is 1. The minimum absolute atomic E-state index is 0.0519. The third kappa shape index (κ3) is 5.38. The standard InChI is InChI=1S/C32H32N8O4/c1-20-28(32(42)40(38(20)2)23-7-5-4-6-8-23)31(41)36-22-9-10-24(26(18-22)43-3)29-30(33)35-19-25(37-29)21-11-12-34-27(17-21)39-13-15-44-16-14-39/h4-12,17-19H,13-16H2,1-3H3,(H2,33,35)(H,36,41). The summed E-state index contributed by atoms with van der Waals surface area (Å²) in [5.41, 5.74) is 10.1. The average Bonchev–Trinajstić information content (AvgIpc) is 3.29. The first-order chi connectivity index (χ1) is 21.4. The third-order valence-corrected chi connectivity index (χ3v) is 7.67. The zero-order chi connectivity index (χ0) is 30.8. The number of carbonyl (C=O) groups is 1. The highest BCUT2D eigenvalue weighted by molar-refractivity contribution is 6.05. The number of amides is 1. The molecular formula is C32H32N8O4. The quantitative estimate of drug-likeness (QED) is 0.289. The van der Waals surface area contributed by atoms with Crippen molar-refractivity contribution in [2.45, 2.75) is 6.92 Å². The molecule has 224 valence electrons. The molecule has 0 unspecified atom stereocenters. The Labute approximate surface area is 253 Å². The van der Waals surface area contributed by atoms with Gasteiger partial charge in [-0.15, -0.1) is 0 Å². The van der Waals surface area contributed by atoms with Crippen LogP contribution < -0.4 is 26.2 Å². The summed E-state index contributed by atoms with van der Waals surface area (Å²) in [4.78, 5) is 42.6. The Hall–Kier alpha value is -5.49. The van der Waals surface area contributed by atoms with Crippen molar-refractivity contribution in [1.29, 1.82) is 0 Å². The van der Waals surface area contributed by atoms with Crippen molar-refractivity contribution in [3.05, 3.63) is 94.7 Å². The van der Waals surface area contributed by atoms with Crippen LogP contribution in [0.15, 0.2) is 77.9 Å². The zero-order valence-corrected chi connectivity index (χ0v) is 24.7. The van der Waals surface area contributed by atoms with Crippen LogP contribution in [0.4, 0.5) is 17.3 Å². The topological polar surface area (TPSA) is 142 Å². The normalized spacial score (nSPS) is 13.1. The Balaban J connectivity index is 1.29. The van der Waals surface area contributed by atoms with E-state index < -0.39 is 11.5 Å². The molecule has 1 aliphatic heterocycles. The smallest absolute Gasteiger partial charge is 0.284 e. The molecule has 12 heteroatoms. The predicted molar refractivity (Wildman–Crippen MR) is 168 cm³/mol. The van der Waals surface area contributed by atoms with E-state index in [-0.39, 0.29) is 11.4 Å². The molecule has 3 aromatic heterocycles. The molecule has 0 saturated carbocycles. The minimum Gasteiger partial charge on any atom is -0.496 e. The van der Waals surface area contributed by atoms with E-state index >= 15 is 0 Å². The summed E-state index contributed by atoms with van der Waals surface area (Å²) in [5.74, 6) is 0.972. The lowest BCUT2D eigenvalue weighted by Gasteiger charge is -2.28. The molecule has 1 amide bonds. The molecule has 1 fully saturated rings. The van der Waals surface area contributed by atoms with E-state index in [4.69, 9.17) is 20.2 Å². The van der Waals surface area contributed by atoms with Crippen LogP contribution in [0.25, 0.3) is 28.2 Å². The van der Waals surface area contributed by atoms with Crippen LogP contribution in [0.3, 0.4) is 0 Å². The number of nitrogens with zero attached hydrogens (tertiary/aromatic N) is 6. The van der Waals surface area contributed by atoms with Gasteiger partial charge in [0.15, 0.2) is 0 Å². The van der Waals surface area contributed by atoms with Crippen LogP contribution in [0.2, 0.25) is 0 Å².